The number of benzene rings is 2. The molecule has 1 atom stereocenters. The number of hydrogen-bond donors (Lipinski definition) is 1. The summed E-state index contributed by atoms with van der Waals surface area (Å²) in [6.45, 7) is 11.0. The SMILES string of the molecule is CC(=O)N[C@H]1C(=O)N(CCCOc2ccc(C(C)(C)C)cc2)c2ccc(C)cc21. The number of carbonyl (C=O) groups excluding carboxylic acids is 2. The van der Waals surface area contributed by atoms with Gasteiger partial charge in [0.2, 0.25) is 5.91 Å². The van der Waals surface area contributed by atoms with Crippen LogP contribution < -0.4 is 15.0 Å². The highest BCUT2D eigenvalue weighted by Gasteiger charge is 2.37. The molecular weight excluding hydrogens is 364 g/mol. The smallest absolute Gasteiger partial charge is 0.254 e. The quantitative estimate of drug-likeness (QED) is 0.744. The van der Waals surface area contributed by atoms with Gasteiger partial charge in [-0.3, -0.25) is 9.59 Å². The number of ether oxygens (including phenoxy) is 1. The normalized spacial score (nSPS) is 16.0. The lowest BCUT2D eigenvalue weighted by molar-refractivity contribution is -0.126. The molecule has 1 aliphatic heterocycles. The fourth-order valence-corrected chi connectivity index (χ4v) is 3.60. The Balaban J connectivity index is 1.61. The molecule has 1 N–H and O–H groups in total. The number of anilines is 1. The highest BCUT2D eigenvalue weighted by Crippen LogP contribution is 2.36. The van der Waals surface area contributed by atoms with Crippen LogP contribution in [0.2, 0.25) is 0 Å². The zero-order valence-electron chi connectivity index (χ0n) is 17.9. The highest BCUT2D eigenvalue weighted by atomic mass is 16.5. The Bertz CT molecular complexity index is 897. The topological polar surface area (TPSA) is 58.6 Å². The van der Waals surface area contributed by atoms with Crippen molar-refractivity contribution in [1.29, 1.82) is 0 Å². The van der Waals surface area contributed by atoms with E-state index in [2.05, 4.69) is 38.2 Å². The van der Waals surface area contributed by atoms with Gasteiger partial charge in [0.05, 0.1) is 6.61 Å². The van der Waals surface area contributed by atoms with Crippen LogP contribution in [0.15, 0.2) is 42.5 Å². The lowest BCUT2D eigenvalue weighted by Crippen LogP contribution is -2.37. The van der Waals surface area contributed by atoms with E-state index in [4.69, 9.17) is 4.74 Å². The van der Waals surface area contributed by atoms with Crippen LogP contribution in [0.3, 0.4) is 0 Å². The molecule has 0 fully saturated rings. The standard InChI is InChI=1S/C24H30N2O3/c1-16-7-12-21-20(15-16)22(25-17(2)27)23(28)26(21)13-6-14-29-19-10-8-18(9-11-19)24(3,4)5/h7-12,15,22H,6,13-14H2,1-5H3,(H,25,27)/t22-/m1/s1. The first-order valence-corrected chi connectivity index (χ1v) is 10.1. The van der Waals surface area contributed by atoms with E-state index in [9.17, 15) is 9.59 Å². The summed E-state index contributed by atoms with van der Waals surface area (Å²) >= 11 is 0. The van der Waals surface area contributed by atoms with Crippen molar-refractivity contribution in [3.05, 3.63) is 59.2 Å². The first kappa shape index (κ1) is 20.9. The Morgan fingerprint density at radius 1 is 1.14 bits per heavy atom. The summed E-state index contributed by atoms with van der Waals surface area (Å²) in [7, 11) is 0. The average Bonchev–Trinajstić information content (AvgIpc) is 2.89. The van der Waals surface area contributed by atoms with Crippen LogP contribution in [0.1, 0.15) is 56.8 Å². The first-order chi connectivity index (χ1) is 13.7. The van der Waals surface area contributed by atoms with E-state index in [0.29, 0.717) is 19.6 Å². The highest BCUT2D eigenvalue weighted by molar-refractivity contribution is 6.06. The van der Waals surface area contributed by atoms with E-state index < -0.39 is 6.04 Å². The molecule has 0 aliphatic carbocycles. The Morgan fingerprint density at radius 2 is 1.83 bits per heavy atom. The van der Waals surface area contributed by atoms with Crippen molar-refractivity contribution in [3.63, 3.8) is 0 Å². The van der Waals surface area contributed by atoms with E-state index in [1.54, 1.807) is 4.90 Å². The summed E-state index contributed by atoms with van der Waals surface area (Å²) < 4.78 is 5.86. The van der Waals surface area contributed by atoms with Crippen molar-refractivity contribution in [2.75, 3.05) is 18.1 Å². The van der Waals surface area contributed by atoms with E-state index in [1.807, 2.05) is 37.3 Å². The summed E-state index contributed by atoms with van der Waals surface area (Å²) in [5.41, 5.74) is 4.18. The summed E-state index contributed by atoms with van der Waals surface area (Å²) in [6.07, 6.45) is 0.701. The Hall–Kier alpha value is -2.82. The predicted molar refractivity (Wildman–Crippen MR) is 115 cm³/mol. The van der Waals surface area contributed by atoms with Crippen molar-refractivity contribution in [1.82, 2.24) is 5.32 Å². The summed E-state index contributed by atoms with van der Waals surface area (Å²) in [5.74, 6) is 0.535. The molecule has 5 nitrogen and oxygen atoms in total. The number of hydrogen-bond acceptors (Lipinski definition) is 3. The van der Waals surface area contributed by atoms with Crippen molar-refractivity contribution >= 4 is 17.5 Å². The van der Waals surface area contributed by atoms with E-state index in [-0.39, 0.29) is 17.2 Å². The molecule has 0 aromatic heterocycles. The second-order valence-corrected chi connectivity index (χ2v) is 8.66. The van der Waals surface area contributed by atoms with E-state index >= 15 is 0 Å². The Kier molecular flexibility index (Phi) is 5.96. The van der Waals surface area contributed by atoms with E-state index in [0.717, 1.165) is 22.6 Å². The fourth-order valence-electron chi connectivity index (χ4n) is 3.60. The van der Waals surface area contributed by atoms with Gasteiger partial charge in [-0.2, -0.15) is 0 Å². The van der Waals surface area contributed by atoms with Gasteiger partial charge in [0.25, 0.3) is 5.91 Å². The van der Waals surface area contributed by atoms with Gasteiger partial charge in [0.15, 0.2) is 0 Å². The second-order valence-electron chi connectivity index (χ2n) is 8.66. The number of fused-ring (bicyclic) bond motifs is 1. The molecular formula is C24H30N2O3. The van der Waals surface area contributed by atoms with Crippen LogP contribution in [0, 0.1) is 6.92 Å². The number of carbonyl (C=O) groups is 2. The molecule has 3 rings (SSSR count). The molecule has 1 heterocycles. The van der Waals surface area contributed by atoms with Crippen LogP contribution in [-0.2, 0) is 15.0 Å². The summed E-state index contributed by atoms with van der Waals surface area (Å²) in [6, 6.07) is 13.5. The second kappa shape index (κ2) is 8.27. The molecule has 2 amide bonds. The van der Waals surface area contributed by atoms with Crippen molar-refractivity contribution < 1.29 is 14.3 Å². The van der Waals surface area contributed by atoms with Gasteiger partial charge in [0.1, 0.15) is 11.8 Å². The molecule has 5 heteroatoms. The monoisotopic (exact) mass is 394 g/mol. The molecule has 0 saturated heterocycles. The zero-order valence-corrected chi connectivity index (χ0v) is 17.9. The molecule has 2 aromatic rings. The maximum absolute atomic E-state index is 12.9. The van der Waals surface area contributed by atoms with Gasteiger partial charge >= 0.3 is 0 Å². The van der Waals surface area contributed by atoms with Crippen LogP contribution in [0.5, 0.6) is 5.75 Å². The molecule has 0 unspecified atom stereocenters. The number of nitrogens with one attached hydrogen (secondary N) is 1. The predicted octanol–water partition coefficient (Wildman–Crippen LogP) is 4.29. The zero-order chi connectivity index (χ0) is 21.2. The summed E-state index contributed by atoms with van der Waals surface area (Å²) in [5, 5.41) is 2.78. The van der Waals surface area contributed by atoms with Crippen LogP contribution in [0.4, 0.5) is 5.69 Å². The molecule has 2 aromatic carbocycles. The largest absolute Gasteiger partial charge is 0.494 e. The third-order valence-corrected chi connectivity index (χ3v) is 5.16. The third-order valence-electron chi connectivity index (χ3n) is 5.16. The number of rotatable bonds is 6. The van der Waals surface area contributed by atoms with E-state index in [1.165, 1.54) is 12.5 Å². The number of aryl methyl sites for hydroxylation is 1. The number of nitrogens with zero attached hydrogens (tertiary/aromatic N) is 1. The van der Waals surface area contributed by atoms with Gasteiger partial charge in [-0.15, -0.1) is 0 Å². The maximum atomic E-state index is 12.9. The minimum Gasteiger partial charge on any atom is -0.494 e. The van der Waals surface area contributed by atoms with Crippen LogP contribution in [-0.4, -0.2) is 25.0 Å². The molecule has 0 saturated carbocycles. The van der Waals surface area contributed by atoms with Gasteiger partial charge < -0.3 is 15.0 Å². The third kappa shape index (κ3) is 4.78. The lowest BCUT2D eigenvalue weighted by atomic mass is 9.87. The average molecular weight is 395 g/mol. The van der Waals surface area contributed by atoms with Crippen molar-refractivity contribution in [2.24, 2.45) is 0 Å². The molecule has 154 valence electrons. The van der Waals surface area contributed by atoms with Crippen LogP contribution >= 0.6 is 0 Å². The van der Waals surface area contributed by atoms with Gasteiger partial charge in [-0.05, 0) is 42.5 Å². The minimum absolute atomic E-state index is 0.0877. The van der Waals surface area contributed by atoms with Gasteiger partial charge in [-0.1, -0.05) is 50.6 Å². The molecule has 29 heavy (non-hydrogen) atoms. The Labute approximate surface area is 173 Å². The molecule has 0 spiro atoms. The Morgan fingerprint density at radius 3 is 2.45 bits per heavy atom. The van der Waals surface area contributed by atoms with Crippen molar-refractivity contribution in [2.45, 2.75) is 52.5 Å². The minimum atomic E-state index is -0.603. The van der Waals surface area contributed by atoms with Crippen molar-refractivity contribution in [3.8, 4) is 5.75 Å². The fraction of sp³-hybridized carbons (Fsp3) is 0.417. The molecule has 1 aliphatic rings. The summed E-state index contributed by atoms with van der Waals surface area (Å²) in [4.78, 5) is 26.2. The molecule has 0 radical (unpaired) electrons. The van der Waals surface area contributed by atoms with Gasteiger partial charge in [-0.25, -0.2) is 0 Å². The lowest BCUT2D eigenvalue weighted by Gasteiger charge is -2.20. The maximum Gasteiger partial charge on any atom is 0.254 e. The molecule has 0 bridgehead atoms. The first-order valence-electron chi connectivity index (χ1n) is 10.1. The number of amides is 2. The van der Waals surface area contributed by atoms with Gasteiger partial charge in [0, 0.05) is 24.7 Å². The van der Waals surface area contributed by atoms with Crippen LogP contribution in [0.25, 0.3) is 0 Å².